The lowest BCUT2D eigenvalue weighted by molar-refractivity contribution is -0.143. The second-order valence-electron chi connectivity index (χ2n) is 4.70. The molecule has 1 N–H and O–H groups in total. The summed E-state index contributed by atoms with van der Waals surface area (Å²) in [6.07, 6.45) is 1.39. The largest absolute Gasteiger partial charge is 0.338 e. The summed E-state index contributed by atoms with van der Waals surface area (Å²) in [7, 11) is 0. The molecule has 2 aliphatic heterocycles. The maximum atomic E-state index is 12.4. The number of hydrogen-bond donors (Lipinski definition) is 1. The zero-order chi connectivity index (χ0) is 13.0. The van der Waals surface area contributed by atoms with Crippen LogP contribution < -0.4 is 5.32 Å². The molecule has 5 nitrogen and oxygen atoms in total. The molecule has 2 amide bonds. The van der Waals surface area contributed by atoms with Crippen LogP contribution in [0.1, 0.15) is 19.8 Å². The smallest absolute Gasteiger partial charge is 0.246 e. The fraction of sp³-hybridized carbons (Fsp3) is 0.833. The van der Waals surface area contributed by atoms with Crippen molar-refractivity contribution in [2.45, 2.75) is 25.8 Å². The van der Waals surface area contributed by atoms with E-state index in [0.29, 0.717) is 12.3 Å². The summed E-state index contributed by atoms with van der Waals surface area (Å²) in [5.74, 6) is 1.67. The Morgan fingerprint density at radius 1 is 1.33 bits per heavy atom. The van der Waals surface area contributed by atoms with E-state index in [2.05, 4.69) is 5.32 Å². The van der Waals surface area contributed by atoms with Crippen LogP contribution >= 0.6 is 11.8 Å². The number of piperazine rings is 1. The third-order valence-electron chi connectivity index (χ3n) is 3.38. The zero-order valence-corrected chi connectivity index (χ0v) is 11.7. The molecule has 2 fully saturated rings. The van der Waals surface area contributed by atoms with E-state index in [-0.39, 0.29) is 17.9 Å². The molecule has 2 saturated heterocycles. The first-order valence-electron chi connectivity index (χ1n) is 6.60. The minimum atomic E-state index is -0.229. The Morgan fingerprint density at radius 2 is 2.06 bits per heavy atom. The summed E-state index contributed by atoms with van der Waals surface area (Å²) < 4.78 is 0. The number of thioether (sulfide) groups is 1. The summed E-state index contributed by atoms with van der Waals surface area (Å²) in [6.45, 7) is 5.23. The molecule has 0 saturated carbocycles. The SMILES string of the molecule is CCCC(=O)N1CSCC1C(=O)N1CCNCC1. The van der Waals surface area contributed by atoms with E-state index in [9.17, 15) is 9.59 Å². The fourth-order valence-corrected chi connectivity index (χ4v) is 3.52. The lowest BCUT2D eigenvalue weighted by Gasteiger charge is -2.32. The van der Waals surface area contributed by atoms with Gasteiger partial charge in [-0.2, -0.15) is 0 Å². The van der Waals surface area contributed by atoms with Crippen molar-refractivity contribution in [3.8, 4) is 0 Å². The first-order valence-corrected chi connectivity index (χ1v) is 7.76. The van der Waals surface area contributed by atoms with Gasteiger partial charge in [0.2, 0.25) is 11.8 Å². The fourth-order valence-electron chi connectivity index (χ4n) is 2.35. The Hall–Kier alpha value is -0.750. The van der Waals surface area contributed by atoms with Gasteiger partial charge in [-0.15, -0.1) is 11.8 Å². The molecule has 0 spiro atoms. The van der Waals surface area contributed by atoms with Crippen LogP contribution in [0.3, 0.4) is 0 Å². The molecule has 102 valence electrons. The number of rotatable bonds is 3. The molecule has 18 heavy (non-hydrogen) atoms. The minimum absolute atomic E-state index is 0.121. The molecule has 6 heteroatoms. The molecule has 0 aromatic heterocycles. The molecule has 1 atom stereocenters. The third kappa shape index (κ3) is 2.98. The highest BCUT2D eigenvalue weighted by Crippen LogP contribution is 2.23. The normalized spacial score (nSPS) is 24.4. The van der Waals surface area contributed by atoms with Crippen LogP contribution in [-0.4, -0.2) is 65.5 Å². The average molecular weight is 271 g/mol. The molecule has 0 aliphatic carbocycles. The highest BCUT2D eigenvalue weighted by Gasteiger charge is 2.36. The van der Waals surface area contributed by atoms with Crippen LogP contribution in [0.4, 0.5) is 0 Å². The second kappa shape index (κ2) is 6.43. The number of amides is 2. The molecule has 2 heterocycles. The number of nitrogens with zero attached hydrogens (tertiary/aromatic N) is 2. The van der Waals surface area contributed by atoms with Crippen LogP contribution in [0, 0.1) is 0 Å². The summed E-state index contributed by atoms with van der Waals surface area (Å²) in [6, 6.07) is -0.229. The van der Waals surface area contributed by atoms with Crippen molar-refractivity contribution >= 4 is 23.6 Å². The molecule has 1 unspecified atom stereocenters. The lowest BCUT2D eigenvalue weighted by atomic mass is 10.2. The summed E-state index contributed by atoms with van der Waals surface area (Å²) in [5.41, 5.74) is 0. The van der Waals surface area contributed by atoms with Crippen molar-refractivity contribution in [2.75, 3.05) is 37.8 Å². The first-order chi connectivity index (χ1) is 8.74. The molecule has 0 bridgehead atoms. The summed E-state index contributed by atoms with van der Waals surface area (Å²) >= 11 is 1.68. The van der Waals surface area contributed by atoms with E-state index in [1.165, 1.54) is 0 Å². The van der Waals surface area contributed by atoms with E-state index in [1.54, 1.807) is 16.7 Å². The predicted molar refractivity (Wildman–Crippen MR) is 72.3 cm³/mol. The van der Waals surface area contributed by atoms with Crippen molar-refractivity contribution < 1.29 is 9.59 Å². The van der Waals surface area contributed by atoms with E-state index in [1.807, 2.05) is 11.8 Å². The third-order valence-corrected chi connectivity index (χ3v) is 4.39. The molecular weight excluding hydrogens is 250 g/mol. The van der Waals surface area contributed by atoms with Crippen molar-refractivity contribution in [3.63, 3.8) is 0 Å². The predicted octanol–water partition coefficient (Wildman–Crippen LogP) is 0.120. The van der Waals surface area contributed by atoms with Gasteiger partial charge >= 0.3 is 0 Å². The maximum absolute atomic E-state index is 12.4. The molecule has 0 aromatic rings. The molecule has 0 radical (unpaired) electrons. The molecule has 2 rings (SSSR count). The monoisotopic (exact) mass is 271 g/mol. The number of nitrogens with one attached hydrogen (secondary N) is 1. The highest BCUT2D eigenvalue weighted by atomic mass is 32.2. The van der Waals surface area contributed by atoms with Crippen molar-refractivity contribution in [1.82, 2.24) is 15.1 Å². The van der Waals surface area contributed by atoms with Crippen LogP contribution in [-0.2, 0) is 9.59 Å². The second-order valence-corrected chi connectivity index (χ2v) is 5.70. The van der Waals surface area contributed by atoms with Crippen molar-refractivity contribution in [1.29, 1.82) is 0 Å². The Bertz CT molecular complexity index is 318. The summed E-state index contributed by atoms with van der Waals surface area (Å²) in [4.78, 5) is 28.0. The number of carbonyl (C=O) groups excluding carboxylic acids is 2. The average Bonchev–Trinajstić information content (AvgIpc) is 2.88. The Morgan fingerprint density at radius 3 is 2.72 bits per heavy atom. The van der Waals surface area contributed by atoms with E-state index in [4.69, 9.17) is 0 Å². The van der Waals surface area contributed by atoms with Gasteiger partial charge in [-0.05, 0) is 6.42 Å². The van der Waals surface area contributed by atoms with Gasteiger partial charge in [-0.25, -0.2) is 0 Å². The standard InChI is InChI=1S/C12H21N3O2S/c1-2-3-11(16)15-9-18-8-10(15)12(17)14-6-4-13-5-7-14/h10,13H,2-9H2,1H3. The van der Waals surface area contributed by atoms with Gasteiger partial charge < -0.3 is 15.1 Å². The molecule has 0 aromatic carbocycles. The molecular formula is C12H21N3O2S. The Kier molecular flexibility index (Phi) is 4.88. The van der Waals surface area contributed by atoms with Gasteiger partial charge in [0.05, 0.1) is 5.88 Å². The molecule has 2 aliphatic rings. The van der Waals surface area contributed by atoms with Gasteiger partial charge in [-0.3, -0.25) is 9.59 Å². The van der Waals surface area contributed by atoms with E-state index in [0.717, 1.165) is 38.4 Å². The Balaban J connectivity index is 1.97. The van der Waals surface area contributed by atoms with Crippen LogP contribution in [0.5, 0.6) is 0 Å². The van der Waals surface area contributed by atoms with E-state index >= 15 is 0 Å². The lowest BCUT2D eigenvalue weighted by Crippen LogP contribution is -2.54. The first kappa shape index (κ1) is 13.7. The van der Waals surface area contributed by atoms with Gasteiger partial charge in [0.1, 0.15) is 6.04 Å². The van der Waals surface area contributed by atoms with Gasteiger partial charge in [0, 0.05) is 38.4 Å². The van der Waals surface area contributed by atoms with Gasteiger partial charge in [0.25, 0.3) is 0 Å². The maximum Gasteiger partial charge on any atom is 0.246 e. The van der Waals surface area contributed by atoms with Gasteiger partial charge in [-0.1, -0.05) is 6.92 Å². The van der Waals surface area contributed by atoms with E-state index < -0.39 is 0 Å². The van der Waals surface area contributed by atoms with Gasteiger partial charge in [0.15, 0.2) is 0 Å². The number of carbonyl (C=O) groups is 2. The van der Waals surface area contributed by atoms with Crippen LogP contribution in [0.2, 0.25) is 0 Å². The van der Waals surface area contributed by atoms with Crippen molar-refractivity contribution in [2.24, 2.45) is 0 Å². The minimum Gasteiger partial charge on any atom is -0.338 e. The Labute approximate surface area is 112 Å². The van der Waals surface area contributed by atoms with Crippen LogP contribution in [0.25, 0.3) is 0 Å². The quantitative estimate of drug-likeness (QED) is 0.792. The highest BCUT2D eigenvalue weighted by molar-refractivity contribution is 7.99. The van der Waals surface area contributed by atoms with Crippen molar-refractivity contribution in [3.05, 3.63) is 0 Å². The summed E-state index contributed by atoms with van der Waals surface area (Å²) in [5, 5.41) is 3.23. The number of hydrogen-bond acceptors (Lipinski definition) is 4. The topological polar surface area (TPSA) is 52.7 Å². The zero-order valence-electron chi connectivity index (χ0n) is 10.9. The van der Waals surface area contributed by atoms with Crippen LogP contribution in [0.15, 0.2) is 0 Å².